The number of hydrogen-bond acceptors (Lipinski definition) is 5. The summed E-state index contributed by atoms with van der Waals surface area (Å²) < 4.78 is 0. The summed E-state index contributed by atoms with van der Waals surface area (Å²) in [6, 6.07) is 8.06. The van der Waals surface area contributed by atoms with Gasteiger partial charge in [-0.05, 0) is 30.9 Å². The molecule has 0 saturated carbocycles. The second-order valence-electron chi connectivity index (χ2n) is 9.01. The lowest BCUT2D eigenvalue weighted by Crippen LogP contribution is -2.39. The number of nitrogens with zero attached hydrogens (tertiary/aromatic N) is 4. The molecule has 0 unspecified atom stereocenters. The van der Waals surface area contributed by atoms with Crippen molar-refractivity contribution >= 4 is 28.5 Å². The van der Waals surface area contributed by atoms with E-state index in [1.165, 1.54) is 0 Å². The molecule has 5 rings (SSSR count). The van der Waals surface area contributed by atoms with Gasteiger partial charge in [0.2, 0.25) is 11.8 Å². The van der Waals surface area contributed by atoms with E-state index in [2.05, 4.69) is 10.3 Å². The van der Waals surface area contributed by atoms with Crippen molar-refractivity contribution in [1.29, 1.82) is 0 Å². The molecule has 8 nitrogen and oxygen atoms in total. The summed E-state index contributed by atoms with van der Waals surface area (Å²) in [5, 5.41) is 4.32. The highest BCUT2D eigenvalue weighted by atomic mass is 16.2. The van der Waals surface area contributed by atoms with Crippen molar-refractivity contribution in [2.45, 2.75) is 45.1 Å². The van der Waals surface area contributed by atoms with Gasteiger partial charge in [0.15, 0.2) is 0 Å². The summed E-state index contributed by atoms with van der Waals surface area (Å²) in [6.07, 6.45) is 4.95. The number of carbonyl (C=O) groups excluding carboxylic acids is 2. The van der Waals surface area contributed by atoms with Crippen molar-refractivity contribution in [3.05, 3.63) is 53.1 Å². The minimum Gasteiger partial charge on any atom is -0.373 e. The maximum atomic E-state index is 13.2. The molecule has 2 aliphatic rings. The fraction of sp³-hybridized carbons (Fsp3) is 0.440. The average Bonchev–Trinajstić information content (AvgIpc) is 3.25. The number of amides is 2. The van der Waals surface area contributed by atoms with Crippen LogP contribution in [0, 0.1) is 0 Å². The second-order valence-corrected chi connectivity index (χ2v) is 9.01. The first-order chi connectivity index (χ1) is 16.0. The van der Waals surface area contributed by atoms with E-state index in [1.807, 2.05) is 47.3 Å². The first-order valence-electron chi connectivity index (χ1n) is 11.7. The van der Waals surface area contributed by atoms with E-state index >= 15 is 0 Å². The van der Waals surface area contributed by atoms with Gasteiger partial charge in [-0.1, -0.05) is 18.2 Å². The van der Waals surface area contributed by atoms with Crippen LogP contribution in [0.2, 0.25) is 0 Å². The van der Waals surface area contributed by atoms with Gasteiger partial charge in [-0.2, -0.15) is 0 Å². The minimum absolute atomic E-state index is 0.0977. The van der Waals surface area contributed by atoms with Gasteiger partial charge >= 0.3 is 0 Å². The summed E-state index contributed by atoms with van der Waals surface area (Å²) in [5.74, 6) is 1.95. The van der Waals surface area contributed by atoms with E-state index in [-0.39, 0.29) is 17.7 Å². The number of fused-ring (bicyclic) bond motifs is 2. The number of rotatable bonds is 4. The smallest absolute Gasteiger partial charge is 0.227 e. The predicted octanol–water partition coefficient (Wildman–Crippen LogP) is 2.85. The number of aromatic amines is 1. The standard InChI is InChI=1S/C25H30N6O2/c1-16(32)30-10-5-6-17(14-30)24-28-22-15-31(11-9-20(22)25(26-2)29-24)23(33)12-18-13-27-21-8-4-3-7-19(18)21/h3-4,7-8,13,17,27H,5-6,9-12,14-15H2,1-2H3,(H,26,28,29)/t17-/m0/s1. The maximum Gasteiger partial charge on any atom is 0.227 e. The third-order valence-electron chi connectivity index (χ3n) is 6.92. The van der Waals surface area contributed by atoms with Gasteiger partial charge in [-0.15, -0.1) is 0 Å². The quantitative estimate of drug-likeness (QED) is 0.643. The molecule has 2 aromatic heterocycles. The Balaban J connectivity index is 1.36. The number of nitrogens with one attached hydrogen (secondary N) is 2. The predicted molar refractivity (Wildman–Crippen MR) is 127 cm³/mol. The lowest BCUT2D eigenvalue weighted by atomic mass is 9.96. The molecule has 1 aromatic carbocycles. The molecule has 0 aliphatic carbocycles. The van der Waals surface area contributed by atoms with Crippen molar-refractivity contribution in [3.63, 3.8) is 0 Å². The van der Waals surface area contributed by atoms with E-state index in [0.29, 0.717) is 26.1 Å². The highest BCUT2D eigenvalue weighted by Gasteiger charge is 2.29. The maximum absolute atomic E-state index is 13.2. The summed E-state index contributed by atoms with van der Waals surface area (Å²) in [6.45, 7) is 4.22. The highest BCUT2D eigenvalue weighted by molar-refractivity contribution is 5.89. The zero-order valence-corrected chi connectivity index (χ0v) is 19.2. The third kappa shape index (κ3) is 4.17. The molecular weight excluding hydrogens is 416 g/mol. The third-order valence-corrected chi connectivity index (χ3v) is 6.92. The SMILES string of the molecule is CNc1nc([C@H]2CCCN(C(C)=O)C2)nc2c1CCN(C(=O)Cc1c[nH]c3ccccc13)C2. The summed E-state index contributed by atoms with van der Waals surface area (Å²) in [5.41, 5.74) is 4.08. The number of anilines is 1. The van der Waals surface area contributed by atoms with Crippen LogP contribution in [0.3, 0.4) is 0 Å². The van der Waals surface area contributed by atoms with Crippen molar-refractivity contribution in [3.8, 4) is 0 Å². The number of para-hydroxylation sites is 1. The summed E-state index contributed by atoms with van der Waals surface area (Å²) >= 11 is 0. The van der Waals surface area contributed by atoms with Crippen LogP contribution < -0.4 is 5.32 Å². The van der Waals surface area contributed by atoms with Crippen LogP contribution in [0.5, 0.6) is 0 Å². The minimum atomic E-state index is 0.0977. The van der Waals surface area contributed by atoms with Crippen LogP contribution in [0.4, 0.5) is 5.82 Å². The Hall–Kier alpha value is -3.42. The summed E-state index contributed by atoms with van der Waals surface area (Å²) in [4.78, 5) is 41.9. The molecule has 0 bridgehead atoms. The lowest BCUT2D eigenvalue weighted by molar-refractivity contribution is -0.131. The van der Waals surface area contributed by atoms with Crippen LogP contribution >= 0.6 is 0 Å². The van der Waals surface area contributed by atoms with E-state index in [4.69, 9.17) is 9.97 Å². The molecule has 8 heteroatoms. The first-order valence-corrected chi connectivity index (χ1v) is 11.7. The lowest BCUT2D eigenvalue weighted by Gasteiger charge is -2.33. The van der Waals surface area contributed by atoms with Crippen LogP contribution in [-0.2, 0) is 29.0 Å². The Labute approximate surface area is 193 Å². The zero-order valence-electron chi connectivity index (χ0n) is 19.2. The van der Waals surface area contributed by atoms with Crippen LogP contribution in [0.15, 0.2) is 30.5 Å². The Kier molecular flexibility index (Phi) is 5.74. The van der Waals surface area contributed by atoms with Crippen LogP contribution in [0.25, 0.3) is 10.9 Å². The largest absolute Gasteiger partial charge is 0.373 e. The Morgan fingerprint density at radius 3 is 2.85 bits per heavy atom. The van der Waals surface area contributed by atoms with E-state index in [1.54, 1.807) is 6.92 Å². The van der Waals surface area contributed by atoms with Gasteiger partial charge in [0.05, 0.1) is 18.7 Å². The van der Waals surface area contributed by atoms with Crippen molar-refractivity contribution in [1.82, 2.24) is 24.8 Å². The molecule has 2 amide bonds. The average molecular weight is 447 g/mol. The number of carbonyl (C=O) groups is 2. The van der Waals surface area contributed by atoms with Crippen molar-refractivity contribution in [2.75, 3.05) is 32.0 Å². The fourth-order valence-corrected chi connectivity index (χ4v) is 5.08. The number of H-pyrrole nitrogens is 1. The number of likely N-dealkylation sites (tertiary alicyclic amines) is 1. The number of piperidine rings is 1. The van der Waals surface area contributed by atoms with E-state index in [9.17, 15) is 9.59 Å². The van der Waals surface area contributed by atoms with E-state index < -0.39 is 0 Å². The normalized spacial score (nSPS) is 18.3. The molecule has 0 radical (unpaired) electrons. The molecule has 2 N–H and O–H groups in total. The Morgan fingerprint density at radius 1 is 1.18 bits per heavy atom. The monoisotopic (exact) mass is 446 g/mol. The fourth-order valence-electron chi connectivity index (χ4n) is 5.08. The summed E-state index contributed by atoms with van der Waals surface area (Å²) in [7, 11) is 1.88. The number of aromatic nitrogens is 3. The van der Waals surface area contributed by atoms with Gasteiger partial charge in [0, 0.05) is 62.2 Å². The van der Waals surface area contributed by atoms with Crippen LogP contribution in [0.1, 0.15) is 48.3 Å². The van der Waals surface area contributed by atoms with Gasteiger partial charge in [0.25, 0.3) is 0 Å². The molecular formula is C25H30N6O2. The van der Waals surface area contributed by atoms with Crippen LogP contribution in [-0.4, -0.2) is 63.2 Å². The van der Waals surface area contributed by atoms with E-state index in [0.717, 1.165) is 65.2 Å². The highest BCUT2D eigenvalue weighted by Crippen LogP contribution is 2.30. The molecule has 2 aliphatic heterocycles. The molecule has 1 fully saturated rings. The first kappa shape index (κ1) is 21.4. The molecule has 3 aromatic rings. The molecule has 1 saturated heterocycles. The number of hydrogen-bond donors (Lipinski definition) is 2. The van der Waals surface area contributed by atoms with Crippen molar-refractivity contribution in [2.24, 2.45) is 0 Å². The molecule has 172 valence electrons. The Bertz CT molecular complexity index is 1200. The molecule has 4 heterocycles. The van der Waals surface area contributed by atoms with Gasteiger partial charge in [-0.3, -0.25) is 9.59 Å². The number of benzene rings is 1. The topological polar surface area (TPSA) is 94.2 Å². The second kappa shape index (κ2) is 8.84. The Morgan fingerprint density at radius 2 is 2.03 bits per heavy atom. The molecule has 1 atom stereocenters. The zero-order chi connectivity index (χ0) is 22.9. The van der Waals surface area contributed by atoms with Gasteiger partial charge in [-0.25, -0.2) is 9.97 Å². The molecule has 0 spiro atoms. The van der Waals surface area contributed by atoms with Gasteiger partial charge < -0.3 is 20.1 Å². The van der Waals surface area contributed by atoms with Crippen molar-refractivity contribution < 1.29 is 9.59 Å². The van der Waals surface area contributed by atoms with Gasteiger partial charge in [0.1, 0.15) is 11.6 Å². The molecule has 33 heavy (non-hydrogen) atoms.